The van der Waals surface area contributed by atoms with Crippen LogP contribution in [0.3, 0.4) is 0 Å². The summed E-state index contributed by atoms with van der Waals surface area (Å²) in [5.74, 6) is 1.16. The van der Waals surface area contributed by atoms with Gasteiger partial charge in [0.2, 0.25) is 5.43 Å². The maximum absolute atomic E-state index is 11.4. The van der Waals surface area contributed by atoms with Gasteiger partial charge in [0.05, 0.1) is 13.3 Å². The number of hydrogen-bond acceptors (Lipinski definition) is 7. The van der Waals surface area contributed by atoms with Crippen molar-refractivity contribution >= 4 is 0 Å². The Hall–Kier alpha value is -3.55. The molecule has 3 aromatic rings. The van der Waals surface area contributed by atoms with E-state index in [1.165, 1.54) is 10.7 Å². The van der Waals surface area contributed by atoms with Crippen LogP contribution in [-0.2, 0) is 19.6 Å². The van der Waals surface area contributed by atoms with Gasteiger partial charge in [0.1, 0.15) is 30.9 Å². The van der Waals surface area contributed by atoms with E-state index in [1.807, 2.05) is 24.3 Å². The highest BCUT2D eigenvalue weighted by molar-refractivity contribution is 5.43. The van der Waals surface area contributed by atoms with E-state index in [1.54, 1.807) is 13.3 Å². The summed E-state index contributed by atoms with van der Waals surface area (Å²) >= 11 is 0. The Balaban J connectivity index is 1.65. The Morgan fingerprint density at radius 1 is 1.33 bits per heavy atom. The van der Waals surface area contributed by atoms with Crippen LogP contribution in [0.1, 0.15) is 17.0 Å². The number of ether oxygens (including phenoxy) is 2. The number of aromatic nitrogens is 3. The van der Waals surface area contributed by atoms with Crippen LogP contribution >= 0.6 is 0 Å². The van der Waals surface area contributed by atoms with Crippen molar-refractivity contribution in [1.82, 2.24) is 15.0 Å². The quantitative estimate of drug-likeness (QED) is 0.608. The first-order chi connectivity index (χ1) is 13.1. The van der Waals surface area contributed by atoms with Crippen LogP contribution in [0.15, 0.2) is 58.6 Å². The third-order valence-electron chi connectivity index (χ3n) is 3.75. The first-order valence-electron chi connectivity index (χ1n) is 8.19. The molecule has 1 aromatic carbocycles. The molecule has 0 spiro atoms. The molecule has 0 aliphatic rings. The molecule has 0 saturated carbocycles. The molecule has 0 fully saturated rings. The highest BCUT2D eigenvalue weighted by Gasteiger charge is 2.09. The lowest BCUT2D eigenvalue weighted by Crippen LogP contribution is -2.05. The van der Waals surface area contributed by atoms with Crippen LogP contribution in [0.2, 0.25) is 0 Å². The molecule has 1 N–H and O–H groups in total. The largest absolute Gasteiger partial charge is 0.502 e. The van der Waals surface area contributed by atoms with Gasteiger partial charge in [-0.1, -0.05) is 17.4 Å². The summed E-state index contributed by atoms with van der Waals surface area (Å²) in [6.07, 6.45) is 5.26. The molecule has 3 rings (SSSR count). The van der Waals surface area contributed by atoms with Gasteiger partial charge in [0, 0.05) is 6.07 Å². The van der Waals surface area contributed by atoms with Gasteiger partial charge in [-0.05, 0) is 24.1 Å². The first-order valence-corrected chi connectivity index (χ1v) is 8.19. The van der Waals surface area contributed by atoms with E-state index in [0.717, 1.165) is 18.2 Å². The van der Waals surface area contributed by atoms with E-state index >= 15 is 0 Å². The van der Waals surface area contributed by atoms with Crippen molar-refractivity contribution < 1.29 is 19.0 Å². The summed E-state index contributed by atoms with van der Waals surface area (Å²) in [7, 11) is 1.58. The normalized spacial score (nSPS) is 10.6. The molecule has 0 saturated heterocycles. The number of rotatable bonds is 8. The Morgan fingerprint density at radius 3 is 2.93 bits per heavy atom. The van der Waals surface area contributed by atoms with Crippen molar-refractivity contribution in [2.24, 2.45) is 0 Å². The zero-order valence-electron chi connectivity index (χ0n) is 14.8. The molecule has 0 aliphatic heterocycles. The Kier molecular flexibility index (Phi) is 5.55. The second kappa shape index (κ2) is 8.22. The lowest BCUT2D eigenvalue weighted by atomic mass is 10.1. The van der Waals surface area contributed by atoms with Gasteiger partial charge in [-0.2, -0.15) is 0 Å². The van der Waals surface area contributed by atoms with E-state index < -0.39 is 11.2 Å². The van der Waals surface area contributed by atoms with E-state index in [0.29, 0.717) is 23.0 Å². The van der Waals surface area contributed by atoms with Gasteiger partial charge in [0.15, 0.2) is 17.2 Å². The predicted octanol–water partition coefficient (Wildman–Crippen LogP) is 2.30. The van der Waals surface area contributed by atoms with E-state index in [-0.39, 0.29) is 13.2 Å². The summed E-state index contributed by atoms with van der Waals surface area (Å²) in [4.78, 5) is 11.4. The molecule has 0 amide bonds. The molecule has 0 radical (unpaired) electrons. The molecule has 0 atom stereocenters. The first kappa shape index (κ1) is 18.2. The van der Waals surface area contributed by atoms with Crippen LogP contribution in [0.4, 0.5) is 0 Å². The molecule has 8 nitrogen and oxygen atoms in total. The Labute approximate surface area is 155 Å². The predicted molar refractivity (Wildman–Crippen MR) is 97.0 cm³/mol. The molecule has 0 unspecified atom stereocenters. The molecular formula is C19H19N3O5. The highest BCUT2D eigenvalue weighted by atomic mass is 16.5. The zero-order valence-corrected chi connectivity index (χ0v) is 14.8. The number of nitrogens with zero attached hydrogens (tertiary/aromatic N) is 3. The van der Waals surface area contributed by atoms with E-state index in [4.69, 9.17) is 13.9 Å². The monoisotopic (exact) mass is 369 g/mol. The van der Waals surface area contributed by atoms with Gasteiger partial charge in [-0.3, -0.25) is 4.79 Å². The zero-order chi connectivity index (χ0) is 19.2. The molecule has 0 bridgehead atoms. The van der Waals surface area contributed by atoms with Gasteiger partial charge >= 0.3 is 0 Å². The minimum atomic E-state index is -0.507. The third-order valence-corrected chi connectivity index (χ3v) is 3.75. The fourth-order valence-corrected chi connectivity index (χ4v) is 2.44. The fourth-order valence-electron chi connectivity index (χ4n) is 2.44. The van der Waals surface area contributed by atoms with Gasteiger partial charge in [0.25, 0.3) is 0 Å². The van der Waals surface area contributed by atoms with Crippen LogP contribution in [0.25, 0.3) is 0 Å². The van der Waals surface area contributed by atoms with Crippen molar-refractivity contribution in [3.63, 3.8) is 0 Å². The van der Waals surface area contributed by atoms with Crippen LogP contribution in [0, 0.1) is 0 Å². The Morgan fingerprint density at radius 2 is 2.19 bits per heavy atom. The average Bonchev–Trinajstić information content (AvgIpc) is 3.11. The SMILES string of the molecule is C=CCc1ccc(OCc2cn(Cc3cc(=O)c(O)co3)nn2)c(OC)c1. The lowest BCUT2D eigenvalue weighted by molar-refractivity contribution is 0.280. The minimum Gasteiger partial charge on any atom is -0.502 e. The number of allylic oxidation sites excluding steroid dienone is 1. The number of aromatic hydroxyl groups is 1. The highest BCUT2D eigenvalue weighted by Crippen LogP contribution is 2.29. The number of benzene rings is 1. The second-order valence-corrected chi connectivity index (χ2v) is 5.77. The summed E-state index contributed by atoms with van der Waals surface area (Å²) in [6.45, 7) is 4.14. The lowest BCUT2D eigenvalue weighted by Gasteiger charge is -2.10. The van der Waals surface area contributed by atoms with Crippen LogP contribution in [-0.4, -0.2) is 27.2 Å². The Bertz CT molecular complexity index is 993. The summed E-state index contributed by atoms with van der Waals surface area (Å²) < 4.78 is 17.8. The minimum absolute atomic E-state index is 0.205. The fraction of sp³-hybridized carbons (Fsp3) is 0.211. The van der Waals surface area contributed by atoms with Gasteiger partial charge < -0.3 is 19.0 Å². The van der Waals surface area contributed by atoms with E-state index in [2.05, 4.69) is 16.9 Å². The van der Waals surface area contributed by atoms with Crippen molar-refractivity contribution in [2.75, 3.05) is 7.11 Å². The molecule has 140 valence electrons. The average molecular weight is 369 g/mol. The molecular weight excluding hydrogens is 350 g/mol. The molecule has 2 heterocycles. The summed E-state index contributed by atoms with van der Waals surface area (Å²) in [5, 5.41) is 17.2. The standard InChI is InChI=1S/C19H19N3O5/c1-3-4-13-5-6-18(19(7-13)25-2)27-11-14-9-22(21-20-14)10-15-8-16(23)17(24)12-26-15/h3,5-9,12,24H,1,4,10-11H2,2H3. The number of hydrogen-bond donors (Lipinski definition) is 1. The van der Waals surface area contributed by atoms with Crippen molar-refractivity contribution in [1.29, 1.82) is 0 Å². The second-order valence-electron chi connectivity index (χ2n) is 5.77. The summed E-state index contributed by atoms with van der Waals surface area (Å²) in [5.41, 5.74) is 1.18. The topological polar surface area (TPSA) is 99.6 Å². The smallest absolute Gasteiger partial charge is 0.226 e. The maximum atomic E-state index is 11.4. The molecule has 27 heavy (non-hydrogen) atoms. The molecule has 0 aliphatic carbocycles. The maximum Gasteiger partial charge on any atom is 0.226 e. The van der Waals surface area contributed by atoms with Gasteiger partial charge in [-0.25, -0.2) is 4.68 Å². The van der Waals surface area contributed by atoms with Crippen molar-refractivity contribution in [3.05, 3.63) is 76.6 Å². The van der Waals surface area contributed by atoms with Crippen LogP contribution in [0.5, 0.6) is 17.2 Å². The summed E-state index contributed by atoms with van der Waals surface area (Å²) in [6, 6.07) is 6.90. The van der Waals surface area contributed by atoms with E-state index in [9.17, 15) is 9.90 Å². The van der Waals surface area contributed by atoms with Crippen molar-refractivity contribution in [3.8, 4) is 17.2 Å². The number of methoxy groups -OCH3 is 1. The third kappa shape index (κ3) is 4.55. The van der Waals surface area contributed by atoms with Gasteiger partial charge in [-0.15, -0.1) is 11.7 Å². The van der Waals surface area contributed by atoms with Crippen LogP contribution < -0.4 is 14.9 Å². The molecule has 2 aromatic heterocycles. The van der Waals surface area contributed by atoms with Crippen molar-refractivity contribution in [2.45, 2.75) is 19.6 Å². The molecule has 8 heteroatoms.